The van der Waals surface area contributed by atoms with Crippen LogP contribution in [0.5, 0.6) is 0 Å². The van der Waals surface area contributed by atoms with Crippen LogP contribution in [-0.2, 0) is 27.8 Å². The van der Waals surface area contributed by atoms with E-state index >= 15 is 0 Å². The molecular formula is C16H19NO3S. The Morgan fingerprint density at radius 3 is 2.38 bits per heavy atom. The van der Waals surface area contributed by atoms with Crippen LogP contribution in [-0.4, -0.2) is 15.5 Å². The monoisotopic (exact) mass is 305 g/mol. The van der Waals surface area contributed by atoms with Gasteiger partial charge < -0.3 is 4.74 Å². The zero-order chi connectivity index (χ0) is 15.3. The van der Waals surface area contributed by atoms with Gasteiger partial charge in [-0.05, 0) is 41.8 Å². The normalized spacial score (nSPS) is 11.3. The molecule has 0 amide bonds. The summed E-state index contributed by atoms with van der Waals surface area (Å²) in [6, 6.07) is 14.1. The number of hydrogen-bond acceptors (Lipinski definition) is 3. The van der Waals surface area contributed by atoms with Gasteiger partial charge in [-0.1, -0.05) is 31.2 Å². The van der Waals surface area contributed by atoms with Crippen LogP contribution in [0.25, 0.3) is 0 Å². The summed E-state index contributed by atoms with van der Waals surface area (Å²) in [5.41, 5.74) is 2.60. The Hall–Kier alpha value is -1.85. The number of ether oxygens (including phenoxy) is 1. The van der Waals surface area contributed by atoms with Gasteiger partial charge in [-0.3, -0.25) is 4.72 Å². The second-order valence-corrected chi connectivity index (χ2v) is 6.42. The fourth-order valence-electron chi connectivity index (χ4n) is 2.00. The van der Waals surface area contributed by atoms with E-state index in [1.54, 1.807) is 37.4 Å². The Labute approximate surface area is 125 Å². The van der Waals surface area contributed by atoms with Crippen molar-refractivity contribution in [3.8, 4) is 0 Å². The van der Waals surface area contributed by atoms with Gasteiger partial charge in [0.25, 0.3) is 10.0 Å². The van der Waals surface area contributed by atoms with Crippen LogP contribution >= 0.6 is 0 Å². The van der Waals surface area contributed by atoms with Gasteiger partial charge in [0, 0.05) is 12.8 Å². The molecule has 2 aromatic carbocycles. The molecule has 0 spiro atoms. The molecular weight excluding hydrogens is 286 g/mol. The lowest BCUT2D eigenvalue weighted by Crippen LogP contribution is -2.13. The zero-order valence-electron chi connectivity index (χ0n) is 12.2. The van der Waals surface area contributed by atoms with Crippen molar-refractivity contribution in [2.24, 2.45) is 0 Å². The molecule has 4 nitrogen and oxygen atoms in total. The minimum absolute atomic E-state index is 0.240. The molecule has 0 aliphatic heterocycles. The average molecular weight is 305 g/mol. The smallest absolute Gasteiger partial charge is 0.261 e. The lowest BCUT2D eigenvalue weighted by molar-refractivity contribution is 0.185. The van der Waals surface area contributed by atoms with E-state index in [2.05, 4.69) is 4.72 Å². The standard InChI is InChI=1S/C16H19NO3S/c1-3-13-5-4-6-15(11-13)17-21(18,19)16-9-7-14(8-10-16)12-20-2/h4-11,17H,3,12H2,1-2H3. The lowest BCUT2D eigenvalue weighted by Gasteiger charge is -2.09. The molecule has 21 heavy (non-hydrogen) atoms. The molecule has 112 valence electrons. The molecule has 0 unspecified atom stereocenters. The van der Waals surface area contributed by atoms with Crippen molar-refractivity contribution in [3.05, 3.63) is 59.7 Å². The number of rotatable bonds is 6. The van der Waals surface area contributed by atoms with E-state index in [-0.39, 0.29) is 4.90 Å². The predicted octanol–water partition coefficient (Wildman–Crippen LogP) is 3.20. The topological polar surface area (TPSA) is 55.4 Å². The molecule has 0 fully saturated rings. The molecule has 0 saturated heterocycles. The van der Waals surface area contributed by atoms with Crippen LogP contribution in [0.15, 0.2) is 53.4 Å². The van der Waals surface area contributed by atoms with E-state index in [1.165, 1.54) is 0 Å². The quantitative estimate of drug-likeness (QED) is 0.891. The molecule has 0 bridgehead atoms. The fourth-order valence-corrected chi connectivity index (χ4v) is 3.05. The van der Waals surface area contributed by atoms with Crippen LogP contribution < -0.4 is 4.72 Å². The molecule has 2 aromatic rings. The third-order valence-corrected chi connectivity index (χ3v) is 4.53. The highest BCUT2D eigenvalue weighted by Crippen LogP contribution is 2.18. The minimum Gasteiger partial charge on any atom is -0.380 e. The molecule has 0 atom stereocenters. The van der Waals surface area contributed by atoms with Crippen LogP contribution in [0.1, 0.15) is 18.1 Å². The molecule has 0 aliphatic rings. The number of sulfonamides is 1. The number of nitrogens with one attached hydrogen (secondary N) is 1. The molecule has 1 N–H and O–H groups in total. The largest absolute Gasteiger partial charge is 0.380 e. The maximum absolute atomic E-state index is 12.3. The van der Waals surface area contributed by atoms with E-state index < -0.39 is 10.0 Å². The van der Waals surface area contributed by atoms with Crippen LogP contribution in [0.4, 0.5) is 5.69 Å². The van der Waals surface area contributed by atoms with E-state index in [1.807, 2.05) is 25.1 Å². The zero-order valence-corrected chi connectivity index (χ0v) is 13.0. The molecule has 0 radical (unpaired) electrons. The molecule has 0 saturated carbocycles. The average Bonchev–Trinajstić information content (AvgIpc) is 2.48. The number of aryl methyl sites for hydroxylation is 1. The SMILES string of the molecule is CCc1cccc(NS(=O)(=O)c2ccc(COC)cc2)c1. The van der Waals surface area contributed by atoms with Gasteiger partial charge in [0.15, 0.2) is 0 Å². The molecule has 0 heterocycles. The van der Waals surface area contributed by atoms with Crippen molar-refractivity contribution < 1.29 is 13.2 Å². The van der Waals surface area contributed by atoms with Crippen molar-refractivity contribution in [1.82, 2.24) is 0 Å². The first-order chi connectivity index (χ1) is 10.0. The Kier molecular flexibility index (Phi) is 4.98. The first-order valence-corrected chi connectivity index (χ1v) is 8.23. The number of methoxy groups -OCH3 is 1. The number of benzene rings is 2. The van der Waals surface area contributed by atoms with Gasteiger partial charge in [0.1, 0.15) is 0 Å². The summed E-state index contributed by atoms with van der Waals surface area (Å²) in [4.78, 5) is 0.240. The summed E-state index contributed by atoms with van der Waals surface area (Å²) in [6.07, 6.45) is 0.862. The first kappa shape index (κ1) is 15.5. The summed E-state index contributed by atoms with van der Waals surface area (Å²) < 4.78 is 32.3. The summed E-state index contributed by atoms with van der Waals surface area (Å²) >= 11 is 0. The number of anilines is 1. The Morgan fingerprint density at radius 1 is 1.05 bits per heavy atom. The first-order valence-electron chi connectivity index (χ1n) is 6.75. The summed E-state index contributed by atoms with van der Waals surface area (Å²) in [6.45, 7) is 2.49. The summed E-state index contributed by atoms with van der Waals surface area (Å²) in [5.74, 6) is 0. The van der Waals surface area contributed by atoms with Gasteiger partial charge in [-0.15, -0.1) is 0 Å². The van der Waals surface area contributed by atoms with Crippen molar-refractivity contribution in [2.75, 3.05) is 11.8 Å². The highest BCUT2D eigenvalue weighted by atomic mass is 32.2. The van der Waals surface area contributed by atoms with E-state index in [9.17, 15) is 8.42 Å². The van der Waals surface area contributed by atoms with Gasteiger partial charge in [0.05, 0.1) is 11.5 Å². The second kappa shape index (κ2) is 6.74. The second-order valence-electron chi connectivity index (χ2n) is 4.74. The van der Waals surface area contributed by atoms with Crippen molar-refractivity contribution in [3.63, 3.8) is 0 Å². The van der Waals surface area contributed by atoms with E-state index in [0.29, 0.717) is 12.3 Å². The van der Waals surface area contributed by atoms with Crippen molar-refractivity contribution in [1.29, 1.82) is 0 Å². The molecule has 2 rings (SSSR count). The van der Waals surface area contributed by atoms with Crippen LogP contribution in [0, 0.1) is 0 Å². The fraction of sp³-hybridized carbons (Fsp3) is 0.250. The summed E-state index contributed by atoms with van der Waals surface area (Å²) in [7, 11) is -1.96. The Morgan fingerprint density at radius 2 is 1.76 bits per heavy atom. The Bertz CT molecular complexity index is 694. The maximum Gasteiger partial charge on any atom is 0.261 e. The third-order valence-electron chi connectivity index (χ3n) is 3.13. The van der Waals surface area contributed by atoms with Crippen LogP contribution in [0.3, 0.4) is 0 Å². The Balaban J connectivity index is 2.21. The van der Waals surface area contributed by atoms with E-state index in [4.69, 9.17) is 4.74 Å². The highest BCUT2D eigenvalue weighted by molar-refractivity contribution is 7.92. The van der Waals surface area contributed by atoms with Gasteiger partial charge in [0.2, 0.25) is 0 Å². The highest BCUT2D eigenvalue weighted by Gasteiger charge is 2.14. The van der Waals surface area contributed by atoms with E-state index in [0.717, 1.165) is 17.5 Å². The maximum atomic E-state index is 12.3. The lowest BCUT2D eigenvalue weighted by atomic mass is 10.1. The summed E-state index contributed by atoms with van der Waals surface area (Å²) in [5, 5.41) is 0. The third kappa shape index (κ3) is 4.06. The van der Waals surface area contributed by atoms with Gasteiger partial charge >= 0.3 is 0 Å². The molecule has 0 aliphatic carbocycles. The van der Waals surface area contributed by atoms with Crippen molar-refractivity contribution >= 4 is 15.7 Å². The van der Waals surface area contributed by atoms with Crippen molar-refractivity contribution in [2.45, 2.75) is 24.8 Å². The minimum atomic E-state index is -3.56. The number of hydrogen-bond donors (Lipinski definition) is 1. The molecule has 0 aromatic heterocycles. The van der Waals surface area contributed by atoms with Gasteiger partial charge in [-0.25, -0.2) is 8.42 Å². The van der Waals surface area contributed by atoms with Gasteiger partial charge in [-0.2, -0.15) is 0 Å². The molecule has 5 heteroatoms. The van der Waals surface area contributed by atoms with Crippen LogP contribution in [0.2, 0.25) is 0 Å². The predicted molar refractivity (Wildman–Crippen MR) is 83.8 cm³/mol.